The van der Waals surface area contributed by atoms with E-state index in [9.17, 15) is 4.79 Å². The molecule has 13 heavy (non-hydrogen) atoms. The van der Waals surface area contributed by atoms with Gasteiger partial charge in [-0.3, -0.25) is 4.79 Å². The summed E-state index contributed by atoms with van der Waals surface area (Å²) in [6, 6.07) is 0. The van der Waals surface area contributed by atoms with Crippen LogP contribution in [0.2, 0.25) is 0 Å². The minimum absolute atomic E-state index is 0.185. The van der Waals surface area contributed by atoms with Gasteiger partial charge in [-0.05, 0) is 27.2 Å². The third-order valence-corrected chi connectivity index (χ3v) is 3.08. The van der Waals surface area contributed by atoms with Crippen LogP contribution < -0.4 is 0 Å². The van der Waals surface area contributed by atoms with E-state index in [2.05, 4.69) is 3.21 Å². The van der Waals surface area contributed by atoms with Crippen molar-refractivity contribution < 1.29 is 9.53 Å². The van der Waals surface area contributed by atoms with Gasteiger partial charge < -0.3 is 4.74 Å². The zero-order valence-electron chi connectivity index (χ0n) is 8.56. The van der Waals surface area contributed by atoms with Crippen molar-refractivity contribution in [2.75, 3.05) is 6.61 Å². The molecule has 1 atom stereocenters. The van der Waals surface area contributed by atoms with Gasteiger partial charge in [0.05, 0.1) is 29.5 Å². The van der Waals surface area contributed by atoms with Crippen molar-refractivity contribution in [1.82, 2.24) is 0 Å². The van der Waals surface area contributed by atoms with Crippen molar-refractivity contribution in [3.63, 3.8) is 0 Å². The molecule has 0 spiro atoms. The molecule has 0 aromatic rings. The van der Waals surface area contributed by atoms with Gasteiger partial charge >= 0.3 is 5.97 Å². The van der Waals surface area contributed by atoms with Crippen LogP contribution in [0.15, 0.2) is 3.21 Å². The summed E-state index contributed by atoms with van der Waals surface area (Å²) in [4.78, 5) is 11.6. The molecule has 0 saturated heterocycles. The number of halogens is 1. The SMILES string of the molecule is CCOC(=O)C(C)(CC)/C(C)=N/I. The smallest absolute Gasteiger partial charge is 0.317 e. The lowest BCUT2D eigenvalue weighted by atomic mass is 9.83. The number of hydrogen-bond donors (Lipinski definition) is 0. The summed E-state index contributed by atoms with van der Waals surface area (Å²) in [5.41, 5.74) is 0.256. The average molecular weight is 297 g/mol. The van der Waals surface area contributed by atoms with E-state index in [4.69, 9.17) is 4.74 Å². The van der Waals surface area contributed by atoms with Crippen molar-refractivity contribution in [2.45, 2.75) is 34.1 Å². The van der Waals surface area contributed by atoms with Gasteiger partial charge in [0.25, 0.3) is 0 Å². The molecular weight excluding hydrogens is 281 g/mol. The van der Waals surface area contributed by atoms with Crippen LogP contribution in [0.5, 0.6) is 0 Å². The van der Waals surface area contributed by atoms with Gasteiger partial charge in [-0.25, -0.2) is 3.21 Å². The van der Waals surface area contributed by atoms with Gasteiger partial charge in [0.15, 0.2) is 0 Å². The number of carbonyl (C=O) groups is 1. The highest BCUT2D eigenvalue weighted by atomic mass is 127. The number of ether oxygens (including phenoxy) is 1. The summed E-state index contributed by atoms with van der Waals surface area (Å²) in [6.45, 7) is 7.91. The van der Waals surface area contributed by atoms with E-state index < -0.39 is 5.41 Å². The first-order valence-electron chi connectivity index (χ1n) is 4.36. The van der Waals surface area contributed by atoms with E-state index in [1.54, 1.807) is 0 Å². The third kappa shape index (κ3) is 2.93. The summed E-state index contributed by atoms with van der Waals surface area (Å²) in [5.74, 6) is -0.185. The molecule has 0 aliphatic rings. The lowest BCUT2D eigenvalue weighted by molar-refractivity contribution is -0.150. The van der Waals surface area contributed by atoms with Gasteiger partial charge in [0.2, 0.25) is 0 Å². The summed E-state index contributed by atoms with van der Waals surface area (Å²) >= 11 is 1.90. The molecule has 0 radical (unpaired) electrons. The molecule has 1 unspecified atom stereocenters. The number of nitrogens with zero attached hydrogens (tertiary/aromatic N) is 1. The van der Waals surface area contributed by atoms with E-state index in [1.807, 2.05) is 50.6 Å². The fraction of sp³-hybridized carbons (Fsp3) is 0.778. The van der Waals surface area contributed by atoms with Crippen LogP contribution >= 0.6 is 22.9 Å². The Balaban J connectivity index is 4.72. The van der Waals surface area contributed by atoms with E-state index in [1.165, 1.54) is 0 Å². The van der Waals surface area contributed by atoms with Crippen LogP contribution in [0.1, 0.15) is 34.1 Å². The van der Waals surface area contributed by atoms with E-state index in [0.29, 0.717) is 13.0 Å². The fourth-order valence-electron chi connectivity index (χ4n) is 0.932. The molecule has 4 heteroatoms. The highest BCUT2D eigenvalue weighted by Crippen LogP contribution is 2.26. The molecule has 0 fully saturated rings. The maximum absolute atomic E-state index is 11.6. The molecule has 0 heterocycles. The summed E-state index contributed by atoms with van der Waals surface area (Å²) in [5, 5.41) is 0. The Morgan fingerprint density at radius 1 is 1.54 bits per heavy atom. The molecule has 0 N–H and O–H groups in total. The predicted octanol–water partition coefficient (Wildman–Crippen LogP) is 2.78. The second-order valence-corrected chi connectivity index (χ2v) is 3.56. The van der Waals surface area contributed by atoms with Crippen LogP contribution in [0.25, 0.3) is 0 Å². The van der Waals surface area contributed by atoms with Crippen molar-refractivity contribution in [3.8, 4) is 0 Å². The quantitative estimate of drug-likeness (QED) is 0.455. The van der Waals surface area contributed by atoms with E-state index in [-0.39, 0.29) is 5.97 Å². The summed E-state index contributed by atoms with van der Waals surface area (Å²) in [7, 11) is 0. The van der Waals surface area contributed by atoms with Crippen molar-refractivity contribution in [2.24, 2.45) is 8.62 Å². The van der Waals surface area contributed by atoms with Crippen molar-refractivity contribution >= 4 is 34.5 Å². The minimum atomic E-state index is -0.558. The molecule has 0 bridgehead atoms. The number of carbonyl (C=O) groups excluding carboxylic acids is 1. The molecule has 0 aliphatic carbocycles. The molecule has 76 valence electrons. The molecular formula is C9H16INO2. The second kappa shape index (κ2) is 5.57. The van der Waals surface area contributed by atoms with Gasteiger partial charge in [-0.2, -0.15) is 0 Å². The summed E-state index contributed by atoms with van der Waals surface area (Å²) < 4.78 is 9.02. The number of hydrogen-bond acceptors (Lipinski definition) is 3. The lowest BCUT2D eigenvalue weighted by Crippen LogP contribution is -2.35. The molecule has 0 aromatic carbocycles. The first kappa shape index (κ1) is 12.9. The van der Waals surface area contributed by atoms with E-state index in [0.717, 1.165) is 5.71 Å². The molecule has 0 saturated carbocycles. The van der Waals surface area contributed by atoms with Gasteiger partial charge in [0.1, 0.15) is 5.41 Å². The van der Waals surface area contributed by atoms with Crippen molar-refractivity contribution in [1.29, 1.82) is 0 Å². The Hall–Kier alpha value is -0.130. The highest BCUT2D eigenvalue weighted by molar-refractivity contribution is 14.1. The second-order valence-electron chi connectivity index (χ2n) is 3.08. The van der Waals surface area contributed by atoms with Crippen molar-refractivity contribution in [3.05, 3.63) is 0 Å². The van der Waals surface area contributed by atoms with Crippen LogP contribution in [-0.2, 0) is 9.53 Å². The van der Waals surface area contributed by atoms with Crippen LogP contribution in [0, 0.1) is 5.41 Å². The Bertz CT molecular complexity index is 216. The predicted molar refractivity (Wildman–Crippen MR) is 62.2 cm³/mol. The highest BCUT2D eigenvalue weighted by Gasteiger charge is 2.35. The third-order valence-electron chi connectivity index (χ3n) is 2.36. The normalized spacial score (nSPS) is 16.5. The minimum Gasteiger partial charge on any atom is -0.465 e. The van der Waals surface area contributed by atoms with Crippen LogP contribution in [0.4, 0.5) is 0 Å². The zero-order valence-corrected chi connectivity index (χ0v) is 10.7. The zero-order chi connectivity index (χ0) is 10.5. The van der Waals surface area contributed by atoms with Crippen LogP contribution in [-0.4, -0.2) is 18.3 Å². The molecule has 0 rings (SSSR count). The topological polar surface area (TPSA) is 38.7 Å². The lowest BCUT2D eigenvalue weighted by Gasteiger charge is -2.24. The van der Waals surface area contributed by atoms with Gasteiger partial charge in [-0.15, -0.1) is 0 Å². The largest absolute Gasteiger partial charge is 0.465 e. The number of esters is 1. The Labute approximate surface area is 93.4 Å². The Morgan fingerprint density at radius 3 is 2.38 bits per heavy atom. The molecule has 0 amide bonds. The van der Waals surface area contributed by atoms with Gasteiger partial charge in [0, 0.05) is 5.71 Å². The Morgan fingerprint density at radius 2 is 2.08 bits per heavy atom. The monoisotopic (exact) mass is 297 g/mol. The first-order valence-corrected chi connectivity index (χ1v) is 5.32. The Kier molecular flexibility index (Phi) is 5.51. The fourth-order valence-corrected chi connectivity index (χ4v) is 1.46. The van der Waals surface area contributed by atoms with Crippen LogP contribution in [0.3, 0.4) is 0 Å². The molecule has 0 aromatic heterocycles. The molecule has 0 aliphatic heterocycles. The number of rotatable bonds is 4. The van der Waals surface area contributed by atoms with Gasteiger partial charge in [-0.1, -0.05) is 6.92 Å². The maximum atomic E-state index is 11.6. The summed E-state index contributed by atoms with van der Waals surface area (Å²) in [6.07, 6.45) is 0.712. The average Bonchev–Trinajstić information content (AvgIpc) is 2.15. The van der Waals surface area contributed by atoms with E-state index >= 15 is 0 Å². The first-order chi connectivity index (χ1) is 6.02. The standard InChI is InChI=1S/C9H16INO2/c1-5-9(4,7(3)11-10)8(12)13-6-2/h5-6H2,1-4H3/b11-7+. The molecule has 3 nitrogen and oxygen atoms in total. The maximum Gasteiger partial charge on any atom is 0.317 e.